The molecule has 2 aromatic carbocycles. The van der Waals surface area contributed by atoms with Crippen LogP contribution in [-0.2, 0) is 4.79 Å². The van der Waals surface area contributed by atoms with E-state index < -0.39 is 0 Å². The number of carbonyl (C=O) groups excluding carboxylic acids is 1. The van der Waals surface area contributed by atoms with Gasteiger partial charge in [0.15, 0.2) is 0 Å². The third kappa shape index (κ3) is 3.15. The van der Waals surface area contributed by atoms with Gasteiger partial charge >= 0.3 is 0 Å². The number of aromatic nitrogens is 1. The second kappa shape index (κ2) is 7.57. The summed E-state index contributed by atoms with van der Waals surface area (Å²) in [4.78, 5) is 18.4. The lowest BCUT2D eigenvalue weighted by molar-refractivity contribution is -0.144. The van der Waals surface area contributed by atoms with Gasteiger partial charge in [-0.2, -0.15) is 0 Å². The van der Waals surface area contributed by atoms with E-state index in [9.17, 15) is 9.90 Å². The van der Waals surface area contributed by atoms with Crippen LogP contribution in [-0.4, -0.2) is 27.5 Å². The van der Waals surface area contributed by atoms with E-state index in [4.69, 9.17) is 0 Å². The number of para-hydroxylation sites is 1. The Morgan fingerprint density at radius 3 is 2.63 bits per heavy atom. The lowest BCUT2D eigenvalue weighted by atomic mass is 9.81. The van der Waals surface area contributed by atoms with E-state index >= 15 is 0 Å². The number of likely N-dealkylation sites (tertiary alicyclic amines) is 1. The van der Waals surface area contributed by atoms with Crippen LogP contribution < -0.4 is 0 Å². The van der Waals surface area contributed by atoms with Crippen LogP contribution in [0, 0.1) is 5.92 Å². The number of aliphatic hydroxyl groups is 1. The lowest BCUT2D eigenvalue weighted by Gasteiger charge is -2.45. The van der Waals surface area contributed by atoms with E-state index in [0.717, 1.165) is 34.9 Å². The monoisotopic (exact) mass is 362 g/mol. The molecule has 1 saturated heterocycles. The Kier molecular flexibility index (Phi) is 4.99. The molecular formula is C23H26N2O2. The van der Waals surface area contributed by atoms with Crippen LogP contribution in [0.3, 0.4) is 0 Å². The standard InChI is InChI=1S/C23H26N2O2/c1-2-16-12-13-22(27)25(21(15-26)17-8-4-3-5-9-17)23(16)19-14-24-20-11-7-6-10-18(19)20/h3-11,14,16,21,23-24,26H,2,12-13,15H2,1H3/t16-,21-,23-/m0/s1. The number of piperidine rings is 1. The number of fused-ring (bicyclic) bond motifs is 1. The van der Waals surface area contributed by atoms with Crippen LogP contribution in [0.5, 0.6) is 0 Å². The van der Waals surface area contributed by atoms with Crippen molar-refractivity contribution in [2.45, 2.75) is 38.3 Å². The molecule has 4 nitrogen and oxygen atoms in total. The van der Waals surface area contributed by atoms with E-state index in [1.54, 1.807) is 0 Å². The molecule has 27 heavy (non-hydrogen) atoms. The second-order valence-electron chi connectivity index (χ2n) is 7.35. The minimum atomic E-state index is -0.327. The summed E-state index contributed by atoms with van der Waals surface area (Å²) in [5, 5.41) is 11.4. The van der Waals surface area contributed by atoms with E-state index in [1.165, 1.54) is 0 Å². The highest BCUT2D eigenvalue weighted by atomic mass is 16.3. The highest BCUT2D eigenvalue weighted by molar-refractivity contribution is 5.85. The van der Waals surface area contributed by atoms with Crippen LogP contribution in [0.2, 0.25) is 0 Å². The van der Waals surface area contributed by atoms with Gasteiger partial charge in [-0.25, -0.2) is 0 Å². The summed E-state index contributed by atoms with van der Waals surface area (Å²) >= 11 is 0. The first-order chi connectivity index (χ1) is 13.2. The van der Waals surface area contributed by atoms with E-state index in [2.05, 4.69) is 24.0 Å². The molecule has 0 aliphatic carbocycles. The SMILES string of the molecule is CC[C@H]1CCC(=O)N([C@@H](CO)c2ccccc2)[C@@H]1c1c[nH]c2ccccc12. The van der Waals surface area contributed by atoms with Gasteiger partial charge in [-0.15, -0.1) is 0 Å². The third-order valence-corrected chi connectivity index (χ3v) is 5.92. The molecule has 0 unspecified atom stereocenters. The van der Waals surface area contributed by atoms with Crippen LogP contribution in [0.1, 0.15) is 49.4 Å². The smallest absolute Gasteiger partial charge is 0.223 e. The van der Waals surface area contributed by atoms with Gasteiger partial charge in [-0.1, -0.05) is 61.9 Å². The molecule has 2 N–H and O–H groups in total. The molecule has 1 fully saturated rings. The molecule has 4 heteroatoms. The van der Waals surface area contributed by atoms with Gasteiger partial charge in [0.05, 0.1) is 18.7 Å². The zero-order valence-electron chi connectivity index (χ0n) is 15.6. The molecule has 1 aromatic heterocycles. The number of aromatic amines is 1. The van der Waals surface area contributed by atoms with Crippen LogP contribution in [0.25, 0.3) is 10.9 Å². The number of hydrogen-bond donors (Lipinski definition) is 2. The number of nitrogens with one attached hydrogen (secondary N) is 1. The molecule has 1 aliphatic rings. The zero-order chi connectivity index (χ0) is 18.8. The first-order valence-electron chi connectivity index (χ1n) is 9.77. The number of H-pyrrole nitrogens is 1. The maximum atomic E-state index is 13.1. The summed E-state index contributed by atoms with van der Waals surface area (Å²) < 4.78 is 0. The zero-order valence-corrected chi connectivity index (χ0v) is 15.6. The maximum absolute atomic E-state index is 13.1. The van der Waals surface area contributed by atoms with Crippen molar-refractivity contribution in [3.63, 3.8) is 0 Å². The van der Waals surface area contributed by atoms with Crippen molar-refractivity contribution < 1.29 is 9.90 Å². The molecule has 140 valence electrons. The Labute approximate surface area is 159 Å². The number of amides is 1. The van der Waals surface area contributed by atoms with Crippen molar-refractivity contribution in [2.24, 2.45) is 5.92 Å². The fourth-order valence-corrected chi connectivity index (χ4v) is 4.54. The predicted octanol–water partition coefficient (Wildman–Crippen LogP) is 4.59. The van der Waals surface area contributed by atoms with Crippen LogP contribution in [0.4, 0.5) is 0 Å². The third-order valence-electron chi connectivity index (χ3n) is 5.92. The normalized spacial score (nSPS) is 21.6. The molecular weight excluding hydrogens is 336 g/mol. The fraction of sp³-hybridized carbons (Fsp3) is 0.348. The van der Waals surface area contributed by atoms with Gasteiger partial charge in [-0.05, 0) is 24.0 Å². The predicted molar refractivity (Wildman–Crippen MR) is 107 cm³/mol. The number of aliphatic hydroxyl groups excluding tert-OH is 1. The largest absolute Gasteiger partial charge is 0.394 e. The minimum absolute atomic E-state index is 0.0373. The van der Waals surface area contributed by atoms with Gasteiger partial charge < -0.3 is 15.0 Å². The molecule has 0 bridgehead atoms. The van der Waals surface area contributed by atoms with Gasteiger partial charge in [0.25, 0.3) is 0 Å². The van der Waals surface area contributed by atoms with Gasteiger partial charge in [-0.3, -0.25) is 4.79 Å². The van der Waals surface area contributed by atoms with E-state index in [1.807, 2.05) is 53.6 Å². The molecule has 0 saturated carbocycles. The van der Waals surface area contributed by atoms with Crippen molar-refractivity contribution in [1.82, 2.24) is 9.88 Å². The van der Waals surface area contributed by atoms with Gasteiger partial charge in [0.1, 0.15) is 0 Å². The quantitative estimate of drug-likeness (QED) is 0.697. The summed E-state index contributed by atoms with van der Waals surface area (Å²) in [6.45, 7) is 2.11. The van der Waals surface area contributed by atoms with E-state index in [0.29, 0.717) is 12.3 Å². The summed E-state index contributed by atoms with van der Waals surface area (Å²) in [6, 6.07) is 17.7. The Bertz CT molecular complexity index is 918. The highest BCUT2D eigenvalue weighted by Crippen LogP contribution is 2.44. The Hall–Kier alpha value is -2.59. The van der Waals surface area contributed by atoms with Gasteiger partial charge in [0.2, 0.25) is 5.91 Å². The first kappa shape index (κ1) is 17.8. The number of benzene rings is 2. The van der Waals surface area contributed by atoms with Crippen molar-refractivity contribution in [2.75, 3.05) is 6.61 Å². The van der Waals surface area contributed by atoms with Gasteiger partial charge in [0, 0.05) is 29.1 Å². The number of nitrogens with zero attached hydrogens (tertiary/aromatic N) is 1. The molecule has 1 amide bonds. The molecule has 2 heterocycles. The molecule has 4 rings (SSSR count). The Morgan fingerprint density at radius 2 is 1.89 bits per heavy atom. The average Bonchev–Trinajstić information content (AvgIpc) is 3.14. The molecule has 0 radical (unpaired) electrons. The fourth-order valence-electron chi connectivity index (χ4n) is 4.54. The molecule has 0 spiro atoms. The van der Waals surface area contributed by atoms with Crippen LogP contribution >= 0.6 is 0 Å². The van der Waals surface area contributed by atoms with Crippen molar-refractivity contribution in [3.05, 3.63) is 71.9 Å². The first-order valence-corrected chi connectivity index (χ1v) is 9.77. The van der Waals surface area contributed by atoms with Crippen molar-refractivity contribution >= 4 is 16.8 Å². The van der Waals surface area contributed by atoms with Crippen LogP contribution in [0.15, 0.2) is 60.8 Å². The summed E-state index contributed by atoms with van der Waals surface area (Å²) in [6.07, 6.45) is 4.48. The average molecular weight is 362 g/mol. The lowest BCUT2D eigenvalue weighted by Crippen LogP contribution is -2.45. The molecule has 3 aromatic rings. The number of hydrogen-bond acceptors (Lipinski definition) is 2. The molecule has 1 aliphatic heterocycles. The minimum Gasteiger partial charge on any atom is -0.394 e. The van der Waals surface area contributed by atoms with Crippen molar-refractivity contribution in [3.8, 4) is 0 Å². The summed E-state index contributed by atoms with van der Waals surface area (Å²) in [5.41, 5.74) is 3.22. The topological polar surface area (TPSA) is 56.3 Å². The second-order valence-corrected chi connectivity index (χ2v) is 7.35. The molecule has 3 atom stereocenters. The number of rotatable bonds is 5. The number of carbonyl (C=O) groups is 1. The summed E-state index contributed by atoms with van der Waals surface area (Å²) in [7, 11) is 0. The maximum Gasteiger partial charge on any atom is 0.223 e. The summed E-state index contributed by atoms with van der Waals surface area (Å²) in [5.74, 6) is 0.498. The highest BCUT2D eigenvalue weighted by Gasteiger charge is 2.40. The van der Waals surface area contributed by atoms with E-state index in [-0.39, 0.29) is 24.6 Å². The Morgan fingerprint density at radius 1 is 1.15 bits per heavy atom. The Balaban J connectivity index is 1.84. The van der Waals surface area contributed by atoms with Crippen molar-refractivity contribution in [1.29, 1.82) is 0 Å².